The normalized spacial score (nSPS) is 12.8. The number of unbranched alkanes of at least 4 members (excludes halogenated alkanes) is 2. The highest BCUT2D eigenvalue weighted by Gasteiger charge is 2.03. The highest BCUT2D eigenvalue weighted by atomic mass is 16.3. The molecular formula is C12H24O2. The molecule has 14 heavy (non-hydrogen) atoms. The van der Waals surface area contributed by atoms with Gasteiger partial charge in [0.25, 0.3) is 0 Å². The van der Waals surface area contributed by atoms with Gasteiger partial charge >= 0.3 is 0 Å². The van der Waals surface area contributed by atoms with Gasteiger partial charge in [0, 0.05) is 12.8 Å². The number of carbonyl (C=O) groups is 1. The number of aliphatic hydroxyl groups is 1. The summed E-state index contributed by atoms with van der Waals surface area (Å²) in [6, 6.07) is 0. The Labute approximate surface area is 87.7 Å². The van der Waals surface area contributed by atoms with Crippen LogP contribution in [0.2, 0.25) is 0 Å². The van der Waals surface area contributed by atoms with Crippen LogP contribution in [0.1, 0.15) is 65.2 Å². The number of rotatable bonds is 9. The van der Waals surface area contributed by atoms with E-state index in [1.165, 1.54) is 0 Å². The van der Waals surface area contributed by atoms with Crippen LogP contribution in [-0.2, 0) is 4.79 Å². The van der Waals surface area contributed by atoms with Crippen LogP contribution in [0, 0.1) is 0 Å². The number of hydrogen-bond donors (Lipinski definition) is 1. The Morgan fingerprint density at radius 2 is 1.79 bits per heavy atom. The first-order valence-electron chi connectivity index (χ1n) is 5.90. The van der Waals surface area contributed by atoms with Crippen LogP contribution in [0.3, 0.4) is 0 Å². The van der Waals surface area contributed by atoms with Gasteiger partial charge in [-0.1, -0.05) is 33.1 Å². The Bertz CT molecular complexity index is 143. The summed E-state index contributed by atoms with van der Waals surface area (Å²) in [5.74, 6) is 0.341. The molecule has 0 aromatic heterocycles. The molecular weight excluding hydrogens is 176 g/mol. The molecule has 0 rings (SSSR count). The van der Waals surface area contributed by atoms with E-state index in [1.807, 2.05) is 6.92 Å². The van der Waals surface area contributed by atoms with Crippen LogP contribution in [0.5, 0.6) is 0 Å². The third-order valence-corrected chi connectivity index (χ3v) is 2.53. The van der Waals surface area contributed by atoms with Crippen molar-refractivity contribution in [2.45, 2.75) is 71.3 Å². The highest BCUT2D eigenvalue weighted by Crippen LogP contribution is 2.10. The molecule has 0 aliphatic carbocycles. The molecule has 1 unspecified atom stereocenters. The minimum Gasteiger partial charge on any atom is -0.393 e. The summed E-state index contributed by atoms with van der Waals surface area (Å²) in [6.07, 6.45) is 7.14. The number of hydrogen-bond acceptors (Lipinski definition) is 2. The van der Waals surface area contributed by atoms with Gasteiger partial charge in [-0.3, -0.25) is 4.79 Å². The van der Waals surface area contributed by atoms with Crippen molar-refractivity contribution in [1.29, 1.82) is 0 Å². The van der Waals surface area contributed by atoms with E-state index >= 15 is 0 Å². The van der Waals surface area contributed by atoms with E-state index in [0.29, 0.717) is 18.6 Å². The first-order valence-corrected chi connectivity index (χ1v) is 5.90. The molecule has 1 N–H and O–H groups in total. The van der Waals surface area contributed by atoms with Crippen molar-refractivity contribution < 1.29 is 9.90 Å². The predicted molar refractivity (Wildman–Crippen MR) is 59.3 cm³/mol. The minimum atomic E-state index is -0.147. The van der Waals surface area contributed by atoms with E-state index in [-0.39, 0.29) is 6.10 Å². The van der Waals surface area contributed by atoms with E-state index in [2.05, 4.69) is 6.92 Å². The zero-order valence-corrected chi connectivity index (χ0v) is 9.59. The minimum absolute atomic E-state index is 0.147. The molecule has 0 saturated carbocycles. The van der Waals surface area contributed by atoms with Crippen LogP contribution in [0.25, 0.3) is 0 Å². The van der Waals surface area contributed by atoms with Crippen molar-refractivity contribution in [2.24, 2.45) is 0 Å². The summed E-state index contributed by atoms with van der Waals surface area (Å²) in [6.45, 7) is 4.03. The molecule has 0 amide bonds. The third-order valence-electron chi connectivity index (χ3n) is 2.53. The van der Waals surface area contributed by atoms with Gasteiger partial charge in [0.2, 0.25) is 0 Å². The standard InChI is InChI=1S/C12H24O2/c1-3-5-8-12(14)10-7-6-9-11(13)4-2/h12,14H,3-10H2,1-2H3. The maximum atomic E-state index is 11.0. The summed E-state index contributed by atoms with van der Waals surface area (Å²) in [7, 11) is 0. The van der Waals surface area contributed by atoms with E-state index in [1.54, 1.807) is 0 Å². The molecule has 84 valence electrons. The summed E-state index contributed by atoms with van der Waals surface area (Å²) in [4.78, 5) is 11.0. The van der Waals surface area contributed by atoms with Gasteiger partial charge in [-0.05, 0) is 19.3 Å². The Morgan fingerprint density at radius 1 is 1.14 bits per heavy atom. The zero-order valence-electron chi connectivity index (χ0n) is 9.59. The Kier molecular flexibility index (Phi) is 8.95. The lowest BCUT2D eigenvalue weighted by atomic mass is 10.0. The van der Waals surface area contributed by atoms with Gasteiger partial charge in [0.05, 0.1) is 6.10 Å². The second kappa shape index (κ2) is 9.20. The fraction of sp³-hybridized carbons (Fsp3) is 0.917. The van der Waals surface area contributed by atoms with Crippen LogP contribution < -0.4 is 0 Å². The molecule has 0 aliphatic rings. The number of ketones is 1. The average Bonchev–Trinajstić information content (AvgIpc) is 2.21. The molecule has 0 aromatic carbocycles. The van der Waals surface area contributed by atoms with Gasteiger partial charge in [-0.2, -0.15) is 0 Å². The molecule has 2 nitrogen and oxygen atoms in total. The number of carbonyl (C=O) groups excluding carboxylic acids is 1. The Balaban J connectivity index is 3.22. The first-order chi connectivity index (χ1) is 6.70. The molecule has 1 atom stereocenters. The van der Waals surface area contributed by atoms with Crippen LogP contribution in [0.15, 0.2) is 0 Å². The quantitative estimate of drug-likeness (QED) is 0.581. The second-order valence-corrected chi connectivity index (χ2v) is 3.93. The summed E-state index contributed by atoms with van der Waals surface area (Å²) in [5, 5.41) is 9.52. The lowest BCUT2D eigenvalue weighted by molar-refractivity contribution is -0.118. The van der Waals surface area contributed by atoms with Gasteiger partial charge in [0.1, 0.15) is 5.78 Å². The molecule has 0 fully saturated rings. The van der Waals surface area contributed by atoms with E-state index in [9.17, 15) is 9.90 Å². The molecule has 0 aliphatic heterocycles. The van der Waals surface area contributed by atoms with Crippen molar-refractivity contribution in [1.82, 2.24) is 0 Å². The SMILES string of the molecule is CCCCC(O)CCCCC(=O)CC. The van der Waals surface area contributed by atoms with E-state index in [0.717, 1.165) is 38.5 Å². The lowest BCUT2D eigenvalue weighted by Gasteiger charge is -2.08. The van der Waals surface area contributed by atoms with Gasteiger partial charge in [-0.25, -0.2) is 0 Å². The predicted octanol–water partition coefficient (Wildman–Crippen LogP) is 3.08. The highest BCUT2D eigenvalue weighted by molar-refractivity contribution is 5.77. The van der Waals surface area contributed by atoms with Gasteiger partial charge in [-0.15, -0.1) is 0 Å². The van der Waals surface area contributed by atoms with Crippen LogP contribution in [0.4, 0.5) is 0 Å². The monoisotopic (exact) mass is 200 g/mol. The smallest absolute Gasteiger partial charge is 0.132 e. The fourth-order valence-electron chi connectivity index (χ4n) is 1.46. The van der Waals surface area contributed by atoms with Crippen LogP contribution in [-0.4, -0.2) is 17.0 Å². The second-order valence-electron chi connectivity index (χ2n) is 3.93. The molecule has 0 spiro atoms. The molecule has 0 bridgehead atoms. The van der Waals surface area contributed by atoms with E-state index in [4.69, 9.17) is 0 Å². The topological polar surface area (TPSA) is 37.3 Å². The van der Waals surface area contributed by atoms with Gasteiger partial charge < -0.3 is 5.11 Å². The van der Waals surface area contributed by atoms with Crippen molar-refractivity contribution in [2.75, 3.05) is 0 Å². The number of aliphatic hydroxyl groups excluding tert-OH is 1. The Morgan fingerprint density at radius 3 is 2.36 bits per heavy atom. The molecule has 0 heterocycles. The summed E-state index contributed by atoms with van der Waals surface area (Å²) >= 11 is 0. The maximum absolute atomic E-state index is 11.0. The summed E-state index contributed by atoms with van der Waals surface area (Å²) < 4.78 is 0. The zero-order chi connectivity index (χ0) is 10.8. The summed E-state index contributed by atoms with van der Waals surface area (Å²) in [5.41, 5.74) is 0. The average molecular weight is 200 g/mol. The van der Waals surface area contributed by atoms with Crippen molar-refractivity contribution in [3.63, 3.8) is 0 Å². The lowest BCUT2D eigenvalue weighted by Crippen LogP contribution is -2.06. The maximum Gasteiger partial charge on any atom is 0.132 e. The van der Waals surface area contributed by atoms with E-state index < -0.39 is 0 Å². The molecule has 2 heteroatoms. The first kappa shape index (κ1) is 13.6. The van der Waals surface area contributed by atoms with Gasteiger partial charge in [0.15, 0.2) is 0 Å². The molecule has 0 saturated heterocycles. The largest absolute Gasteiger partial charge is 0.393 e. The third kappa shape index (κ3) is 8.24. The van der Waals surface area contributed by atoms with Crippen LogP contribution >= 0.6 is 0 Å². The van der Waals surface area contributed by atoms with Crippen molar-refractivity contribution in [3.8, 4) is 0 Å². The molecule has 0 radical (unpaired) electrons. The fourth-order valence-corrected chi connectivity index (χ4v) is 1.46. The van der Waals surface area contributed by atoms with Crippen molar-refractivity contribution in [3.05, 3.63) is 0 Å². The Hall–Kier alpha value is -0.370. The number of Topliss-reactive ketones (excluding diaryl/α,β-unsaturated/α-hetero) is 1. The van der Waals surface area contributed by atoms with Crippen molar-refractivity contribution >= 4 is 5.78 Å². The molecule has 0 aromatic rings.